The molecule has 0 bridgehead atoms. The third-order valence-electron chi connectivity index (χ3n) is 2.52. The highest BCUT2D eigenvalue weighted by atomic mass is 16.5. The quantitative estimate of drug-likeness (QED) is 0.774. The van der Waals surface area contributed by atoms with E-state index in [9.17, 15) is 9.59 Å². The van der Waals surface area contributed by atoms with Gasteiger partial charge < -0.3 is 14.7 Å². The van der Waals surface area contributed by atoms with Gasteiger partial charge in [-0.05, 0) is 30.2 Å². The summed E-state index contributed by atoms with van der Waals surface area (Å²) in [6.07, 6.45) is 3.95. The van der Waals surface area contributed by atoms with Crippen molar-refractivity contribution in [2.24, 2.45) is 0 Å². The highest BCUT2D eigenvalue weighted by Gasteiger charge is 2.08. The Hall–Kier alpha value is -2.30. The second-order valence-corrected chi connectivity index (χ2v) is 4.34. The zero-order valence-electron chi connectivity index (χ0n) is 11.7. The number of carbonyl (C=O) groups excluding carboxylic acids is 1. The molecule has 0 radical (unpaired) electrons. The lowest BCUT2D eigenvalue weighted by Crippen LogP contribution is -2.30. The monoisotopic (exact) mass is 277 g/mol. The minimum atomic E-state index is -1.04. The molecule has 0 aliphatic rings. The van der Waals surface area contributed by atoms with Gasteiger partial charge in [-0.3, -0.25) is 9.59 Å². The minimum Gasteiger partial charge on any atom is -0.494 e. The standard InChI is InChI=1S/C15H19NO4/c1-3-10-20-13-7-4-12(5-8-13)6-9-14(17)16(2)11-15(18)19/h4-9H,3,10-11H2,1-2H3,(H,18,19)/b9-6+. The van der Waals surface area contributed by atoms with Crippen LogP contribution in [-0.4, -0.2) is 42.1 Å². The lowest BCUT2D eigenvalue weighted by atomic mass is 10.2. The van der Waals surface area contributed by atoms with Crippen LogP contribution in [0.3, 0.4) is 0 Å². The molecule has 0 aliphatic heterocycles. The van der Waals surface area contributed by atoms with Gasteiger partial charge in [0.2, 0.25) is 5.91 Å². The summed E-state index contributed by atoms with van der Waals surface area (Å²) in [7, 11) is 1.45. The third-order valence-corrected chi connectivity index (χ3v) is 2.52. The highest BCUT2D eigenvalue weighted by Crippen LogP contribution is 2.13. The molecule has 0 heterocycles. The molecule has 1 N–H and O–H groups in total. The Balaban J connectivity index is 2.57. The fourth-order valence-corrected chi connectivity index (χ4v) is 1.47. The molecule has 0 unspecified atom stereocenters. The molecule has 0 aromatic heterocycles. The number of nitrogens with zero attached hydrogens (tertiary/aromatic N) is 1. The van der Waals surface area contributed by atoms with Gasteiger partial charge in [0, 0.05) is 13.1 Å². The molecule has 1 aromatic carbocycles. The predicted molar refractivity (Wildman–Crippen MR) is 76.5 cm³/mol. The van der Waals surface area contributed by atoms with E-state index in [4.69, 9.17) is 9.84 Å². The van der Waals surface area contributed by atoms with Crippen LogP contribution in [0.2, 0.25) is 0 Å². The van der Waals surface area contributed by atoms with Crippen LogP contribution in [0.5, 0.6) is 5.75 Å². The average molecular weight is 277 g/mol. The van der Waals surface area contributed by atoms with Crippen molar-refractivity contribution < 1.29 is 19.4 Å². The zero-order valence-corrected chi connectivity index (χ0v) is 11.7. The van der Waals surface area contributed by atoms with E-state index >= 15 is 0 Å². The molecule has 1 aromatic rings. The zero-order chi connectivity index (χ0) is 15.0. The Kier molecular flexibility index (Phi) is 6.29. The molecule has 0 fully saturated rings. The van der Waals surface area contributed by atoms with Crippen LogP contribution in [-0.2, 0) is 9.59 Å². The van der Waals surface area contributed by atoms with E-state index in [2.05, 4.69) is 0 Å². The van der Waals surface area contributed by atoms with Gasteiger partial charge in [-0.1, -0.05) is 19.1 Å². The SMILES string of the molecule is CCCOc1ccc(/C=C/C(=O)N(C)CC(=O)O)cc1. The molecule has 1 amide bonds. The number of carbonyl (C=O) groups is 2. The van der Waals surface area contributed by atoms with Crippen LogP contribution >= 0.6 is 0 Å². The van der Waals surface area contributed by atoms with Crippen LogP contribution in [0, 0.1) is 0 Å². The van der Waals surface area contributed by atoms with Gasteiger partial charge in [-0.2, -0.15) is 0 Å². The van der Waals surface area contributed by atoms with Crippen LogP contribution in [0.25, 0.3) is 6.08 Å². The number of benzene rings is 1. The molecule has 108 valence electrons. The molecule has 0 atom stereocenters. The fraction of sp³-hybridized carbons (Fsp3) is 0.333. The molecule has 0 saturated carbocycles. The number of likely N-dealkylation sites (N-methyl/N-ethyl adjacent to an activating group) is 1. The van der Waals surface area contributed by atoms with Crippen molar-refractivity contribution >= 4 is 18.0 Å². The largest absolute Gasteiger partial charge is 0.494 e. The molecular formula is C15H19NO4. The second-order valence-electron chi connectivity index (χ2n) is 4.34. The number of carboxylic acid groups (broad SMARTS) is 1. The highest BCUT2D eigenvalue weighted by molar-refractivity contribution is 5.93. The van der Waals surface area contributed by atoms with Gasteiger partial charge >= 0.3 is 5.97 Å². The van der Waals surface area contributed by atoms with Gasteiger partial charge in [-0.25, -0.2) is 0 Å². The van der Waals surface area contributed by atoms with Gasteiger partial charge in [0.25, 0.3) is 0 Å². The summed E-state index contributed by atoms with van der Waals surface area (Å²) in [6.45, 7) is 2.40. The van der Waals surface area contributed by atoms with Crippen molar-refractivity contribution in [1.82, 2.24) is 4.90 Å². The summed E-state index contributed by atoms with van der Waals surface area (Å²) in [5.74, 6) is -0.594. The first-order valence-corrected chi connectivity index (χ1v) is 6.40. The summed E-state index contributed by atoms with van der Waals surface area (Å²) in [5.41, 5.74) is 0.853. The maximum atomic E-state index is 11.6. The summed E-state index contributed by atoms with van der Waals surface area (Å²) in [5, 5.41) is 8.59. The molecule has 1 rings (SSSR count). The van der Waals surface area contributed by atoms with Gasteiger partial charge in [0.15, 0.2) is 0 Å². The maximum Gasteiger partial charge on any atom is 0.323 e. The molecule has 0 spiro atoms. The first-order valence-electron chi connectivity index (χ1n) is 6.40. The number of aliphatic carboxylic acids is 1. The van der Waals surface area contributed by atoms with E-state index in [1.54, 1.807) is 6.08 Å². The Morgan fingerprint density at radius 2 is 1.95 bits per heavy atom. The number of carboxylic acids is 1. The predicted octanol–water partition coefficient (Wildman–Crippen LogP) is 2.03. The summed E-state index contributed by atoms with van der Waals surface area (Å²) in [6, 6.07) is 7.35. The first-order chi connectivity index (χ1) is 9.52. The molecule has 5 nitrogen and oxygen atoms in total. The lowest BCUT2D eigenvalue weighted by Gasteiger charge is -2.11. The van der Waals surface area contributed by atoms with Crippen LogP contribution in [0.4, 0.5) is 0 Å². The van der Waals surface area contributed by atoms with Crippen molar-refractivity contribution in [3.05, 3.63) is 35.9 Å². The number of hydrogen-bond acceptors (Lipinski definition) is 3. The smallest absolute Gasteiger partial charge is 0.323 e. The molecule has 5 heteroatoms. The number of amides is 1. The van der Waals surface area contributed by atoms with Crippen molar-refractivity contribution in [1.29, 1.82) is 0 Å². The van der Waals surface area contributed by atoms with E-state index in [0.717, 1.165) is 22.6 Å². The first kappa shape index (κ1) is 15.8. The van der Waals surface area contributed by atoms with Gasteiger partial charge in [0.05, 0.1) is 6.61 Å². The van der Waals surface area contributed by atoms with E-state index in [1.165, 1.54) is 13.1 Å². The fourth-order valence-electron chi connectivity index (χ4n) is 1.47. The summed E-state index contributed by atoms with van der Waals surface area (Å²) in [4.78, 5) is 23.2. The summed E-state index contributed by atoms with van der Waals surface area (Å²) < 4.78 is 5.45. The maximum absolute atomic E-state index is 11.6. The molecule has 0 aliphatic carbocycles. The molecule has 20 heavy (non-hydrogen) atoms. The Bertz CT molecular complexity index is 479. The van der Waals surface area contributed by atoms with Gasteiger partial charge in [-0.15, -0.1) is 0 Å². The number of ether oxygens (including phenoxy) is 1. The van der Waals surface area contributed by atoms with Crippen LogP contribution in [0.15, 0.2) is 30.3 Å². The van der Waals surface area contributed by atoms with Crippen LogP contribution in [0.1, 0.15) is 18.9 Å². The average Bonchev–Trinajstić information content (AvgIpc) is 2.42. The third kappa shape index (κ3) is 5.56. The lowest BCUT2D eigenvalue weighted by molar-refractivity contribution is -0.141. The normalized spacial score (nSPS) is 10.5. The number of hydrogen-bond donors (Lipinski definition) is 1. The van der Waals surface area contributed by atoms with Crippen LogP contribution < -0.4 is 4.74 Å². The van der Waals surface area contributed by atoms with Crippen molar-refractivity contribution in [2.75, 3.05) is 20.2 Å². The van der Waals surface area contributed by atoms with Crippen molar-refractivity contribution in [2.45, 2.75) is 13.3 Å². The Morgan fingerprint density at radius 3 is 2.50 bits per heavy atom. The minimum absolute atomic E-state index is 0.313. The van der Waals surface area contributed by atoms with Gasteiger partial charge in [0.1, 0.15) is 12.3 Å². The van der Waals surface area contributed by atoms with E-state index in [-0.39, 0.29) is 12.5 Å². The van der Waals surface area contributed by atoms with Crippen molar-refractivity contribution in [3.63, 3.8) is 0 Å². The Labute approximate surface area is 118 Å². The Morgan fingerprint density at radius 1 is 1.30 bits per heavy atom. The second kappa shape index (κ2) is 7.99. The topological polar surface area (TPSA) is 66.8 Å². The van der Waals surface area contributed by atoms with Crippen molar-refractivity contribution in [3.8, 4) is 5.75 Å². The number of rotatable bonds is 7. The summed E-state index contributed by atoms with van der Waals surface area (Å²) >= 11 is 0. The molecule has 0 saturated heterocycles. The molecular weight excluding hydrogens is 258 g/mol. The van der Waals surface area contributed by atoms with E-state index in [1.807, 2.05) is 31.2 Å². The van der Waals surface area contributed by atoms with E-state index in [0.29, 0.717) is 6.61 Å². The van der Waals surface area contributed by atoms with E-state index < -0.39 is 5.97 Å².